The molecule has 184 valence electrons. The highest BCUT2D eigenvalue weighted by atomic mass is 16.5. The average molecular weight is 467 g/mol. The van der Waals surface area contributed by atoms with Crippen molar-refractivity contribution in [2.24, 2.45) is 5.92 Å². The first kappa shape index (κ1) is 25.7. The van der Waals surface area contributed by atoms with E-state index in [1.54, 1.807) is 6.07 Å². The lowest BCUT2D eigenvalue weighted by Crippen LogP contribution is -2.45. The van der Waals surface area contributed by atoms with Crippen molar-refractivity contribution < 1.29 is 14.3 Å². The summed E-state index contributed by atoms with van der Waals surface area (Å²) in [5.74, 6) is -0.588. The first-order valence-corrected chi connectivity index (χ1v) is 12.7. The summed E-state index contributed by atoms with van der Waals surface area (Å²) in [5.41, 5.74) is 2.83. The molecule has 2 aromatic rings. The predicted octanol–water partition coefficient (Wildman–Crippen LogP) is 4.46. The Labute approximate surface area is 202 Å². The lowest BCUT2D eigenvalue weighted by molar-refractivity contribution is -0.142. The topological polar surface area (TPSA) is 77.4 Å². The Morgan fingerprint density at radius 2 is 1.82 bits per heavy atom. The lowest BCUT2D eigenvalue weighted by atomic mass is 9.89. The van der Waals surface area contributed by atoms with Crippen molar-refractivity contribution in [3.05, 3.63) is 69.1 Å². The van der Waals surface area contributed by atoms with E-state index in [9.17, 15) is 14.4 Å². The van der Waals surface area contributed by atoms with Crippen LogP contribution >= 0.6 is 0 Å². The fourth-order valence-corrected chi connectivity index (χ4v) is 5.00. The number of rotatable bonds is 10. The number of carbonyl (C=O) groups is 2. The molecule has 1 saturated carbocycles. The molecule has 0 bridgehead atoms. The smallest absolute Gasteiger partial charge is 0.328 e. The van der Waals surface area contributed by atoms with Gasteiger partial charge in [0.05, 0.1) is 7.11 Å². The molecule has 1 fully saturated rings. The average Bonchev–Trinajstić information content (AvgIpc) is 2.86. The molecule has 3 rings (SSSR count). The van der Waals surface area contributed by atoms with Crippen molar-refractivity contribution >= 4 is 11.9 Å². The van der Waals surface area contributed by atoms with Crippen molar-refractivity contribution in [1.29, 1.82) is 0 Å². The zero-order chi connectivity index (χ0) is 24.5. The van der Waals surface area contributed by atoms with Crippen LogP contribution in [-0.4, -0.2) is 29.6 Å². The molecule has 0 spiro atoms. The van der Waals surface area contributed by atoms with Crippen LogP contribution < -0.4 is 10.9 Å². The van der Waals surface area contributed by atoms with Crippen LogP contribution in [0.2, 0.25) is 0 Å². The van der Waals surface area contributed by atoms with Gasteiger partial charge in [0.25, 0.3) is 11.5 Å². The molecule has 1 amide bonds. The highest BCUT2D eigenvalue weighted by molar-refractivity contribution is 5.96. The van der Waals surface area contributed by atoms with Crippen molar-refractivity contribution in [2.45, 2.75) is 84.2 Å². The number of hydrogen-bond acceptors (Lipinski definition) is 4. The van der Waals surface area contributed by atoms with Crippen LogP contribution in [0.15, 0.2) is 41.2 Å². The lowest BCUT2D eigenvalue weighted by Gasteiger charge is -2.26. The molecule has 1 aliphatic carbocycles. The number of amides is 1. The van der Waals surface area contributed by atoms with E-state index in [1.165, 1.54) is 26.4 Å². The Kier molecular flexibility index (Phi) is 9.49. The third-order valence-corrected chi connectivity index (χ3v) is 6.84. The Hall–Kier alpha value is -2.89. The number of ether oxygens (including phenoxy) is 1. The molecule has 0 saturated heterocycles. The van der Waals surface area contributed by atoms with Gasteiger partial charge in [0, 0.05) is 18.7 Å². The Bertz CT molecular complexity index is 1020. The second-order valence-electron chi connectivity index (χ2n) is 9.29. The van der Waals surface area contributed by atoms with Crippen molar-refractivity contribution in [2.75, 3.05) is 7.11 Å². The quantitative estimate of drug-likeness (QED) is 0.525. The molecular weight excluding hydrogens is 428 g/mol. The van der Waals surface area contributed by atoms with Gasteiger partial charge >= 0.3 is 5.97 Å². The molecule has 1 atom stereocenters. The van der Waals surface area contributed by atoms with Crippen LogP contribution in [0.5, 0.6) is 0 Å². The second kappa shape index (κ2) is 12.5. The van der Waals surface area contributed by atoms with Crippen molar-refractivity contribution in [3.8, 4) is 0 Å². The number of nitrogens with zero attached hydrogens (tertiary/aromatic N) is 1. The summed E-state index contributed by atoms with van der Waals surface area (Å²) in [5, 5.41) is 2.78. The molecule has 0 aliphatic heterocycles. The first-order valence-electron chi connectivity index (χ1n) is 12.7. The maximum absolute atomic E-state index is 13.6. The summed E-state index contributed by atoms with van der Waals surface area (Å²) < 4.78 is 6.79. The van der Waals surface area contributed by atoms with Crippen LogP contribution in [0.1, 0.15) is 79.6 Å². The molecule has 1 N–H and O–H groups in total. The maximum atomic E-state index is 13.6. The fraction of sp³-hybridized carbons (Fsp3) is 0.536. The SMILES string of the molecule is CCCc1c(CC)cc(C(=O)NC(Cc2ccccc2)C(=O)OC)c(=O)n1CC1CCCCC1. The number of aromatic nitrogens is 1. The standard InChI is InChI=1S/C28H38N2O4/c1-4-12-25-22(5-2)18-23(27(32)30(25)19-21-15-10-7-11-16-21)26(31)29-24(28(33)34-3)17-20-13-8-6-9-14-20/h6,8-9,13-14,18,21,24H,4-5,7,10-12,15-17,19H2,1-3H3,(H,29,31). The zero-order valence-corrected chi connectivity index (χ0v) is 20.8. The van der Waals surface area contributed by atoms with Gasteiger partial charge in [-0.2, -0.15) is 0 Å². The third-order valence-electron chi connectivity index (χ3n) is 6.84. The first-order chi connectivity index (χ1) is 16.5. The van der Waals surface area contributed by atoms with Gasteiger partial charge in [0.15, 0.2) is 0 Å². The van der Waals surface area contributed by atoms with E-state index in [-0.39, 0.29) is 11.1 Å². The molecule has 1 aromatic carbocycles. The molecule has 1 heterocycles. The summed E-state index contributed by atoms with van der Waals surface area (Å²) in [7, 11) is 1.30. The summed E-state index contributed by atoms with van der Waals surface area (Å²) in [6, 6.07) is 10.3. The minimum Gasteiger partial charge on any atom is -0.467 e. The summed E-state index contributed by atoms with van der Waals surface area (Å²) in [4.78, 5) is 39.4. The molecule has 1 aliphatic rings. The van der Waals surface area contributed by atoms with Crippen molar-refractivity contribution in [3.63, 3.8) is 0 Å². The van der Waals surface area contributed by atoms with E-state index in [4.69, 9.17) is 4.74 Å². The summed E-state index contributed by atoms with van der Waals surface area (Å²) in [6.45, 7) is 4.82. The molecule has 0 radical (unpaired) electrons. The van der Waals surface area contributed by atoms with Gasteiger partial charge in [0.1, 0.15) is 11.6 Å². The highest BCUT2D eigenvalue weighted by Crippen LogP contribution is 2.26. The van der Waals surface area contributed by atoms with Crippen LogP contribution in [0.3, 0.4) is 0 Å². The van der Waals surface area contributed by atoms with E-state index in [0.29, 0.717) is 18.9 Å². The third kappa shape index (κ3) is 6.37. The number of carbonyl (C=O) groups excluding carboxylic acids is 2. The minimum atomic E-state index is -0.869. The largest absolute Gasteiger partial charge is 0.467 e. The van der Waals surface area contributed by atoms with E-state index in [2.05, 4.69) is 19.2 Å². The second-order valence-corrected chi connectivity index (χ2v) is 9.29. The van der Waals surface area contributed by atoms with Crippen LogP contribution in [0.25, 0.3) is 0 Å². The number of aryl methyl sites for hydroxylation is 1. The highest BCUT2D eigenvalue weighted by Gasteiger charge is 2.26. The molecule has 6 heteroatoms. The molecule has 1 aromatic heterocycles. The van der Waals surface area contributed by atoms with Gasteiger partial charge in [0.2, 0.25) is 0 Å². The van der Waals surface area contributed by atoms with Gasteiger partial charge in [-0.05, 0) is 48.8 Å². The molecule has 1 unspecified atom stereocenters. The van der Waals surface area contributed by atoms with Gasteiger partial charge in [-0.15, -0.1) is 0 Å². The van der Waals surface area contributed by atoms with Crippen LogP contribution in [0.4, 0.5) is 0 Å². The van der Waals surface area contributed by atoms with E-state index >= 15 is 0 Å². The minimum absolute atomic E-state index is 0.106. The normalized spacial score (nSPS) is 15.0. The van der Waals surface area contributed by atoms with Gasteiger partial charge < -0.3 is 14.6 Å². The number of benzene rings is 1. The molecule has 34 heavy (non-hydrogen) atoms. The summed E-state index contributed by atoms with van der Waals surface area (Å²) >= 11 is 0. The van der Waals surface area contributed by atoms with Gasteiger partial charge in [-0.25, -0.2) is 4.79 Å². The van der Waals surface area contributed by atoms with Gasteiger partial charge in [-0.1, -0.05) is 69.9 Å². The van der Waals surface area contributed by atoms with Crippen LogP contribution in [-0.2, 0) is 35.3 Å². The number of esters is 1. The zero-order valence-electron chi connectivity index (χ0n) is 20.8. The number of methoxy groups -OCH3 is 1. The van der Waals surface area contributed by atoms with E-state index in [0.717, 1.165) is 48.9 Å². The summed E-state index contributed by atoms with van der Waals surface area (Å²) in [6.07, 6.45) is 8.68. The Morgan fingerprint density at radius 3 is 2.44 bits per heavy atom. The van der Waals surface area contributed by atoms with Gasteiger partial charge in [-0.3, -0.25) is 9.59 Å². The fourth-order valence-electron chi connectivity index (χ4n) is 5.00. The Balaban J connectivity index is 1.94. The number of hydrogen-bond donors (Lipinski definition) is 1. The van der Waals surface area contributed by atoms with Crippen molar-refractivity contribution in [1.82, 2.24) is 9.88 Å². The monoisotopic (exact) mass is 466 g/mol. The number of nitrogens with one attached hydrogen (secondary N) is 1. The molecule has 6 nitrogen and oxygen atoms in total. The Morgan fingerprint density at radius 1 is 1.12 bits per heavy atom. The van der Waals surface area contributed by atoms with E-state index < -0.39 is 17.9 Å². The predicted molar refractivity (Wildman–Crippen MR) is 134 cm³/mol. The van der Waals surface area contributed by atoms with E-state index in [1.807, 2.05) is 34.9 Å². The molecular formula is C28H38N2O4. The number of pyridine rings is 1. The van der Waals surface area contributed by atoms with Crippen LogP contribution in [0, 0.1) is 5.92 Å². The maximum Gasteiger partial charge on any atom is 0.328 e.